The predicted molar refractivity (Wildman–Crippen MR) is 139 cm³/mol. The minimum Gasteiger partial charge on any atom is -0.444 e. The number of aliphatic imine (C=N–C) groups is 1. The van der Waals surface area contributed by atoms with Crippen molar-refractivity contribution in [1.82, 2.24) is 15.1 Å². The van der Waals surface area contributed by atoms with Gasteiger partial charge in [0.05, 0.1) is 6.10 Å². The molecule has 0 bridgehead atoms. The van der Waals surface area contributed by atoms with E-state index in [1.54, 1.807) is 7.11 Å². The number of rotatable bonds is 8. The molecular weight excluding hydrogens is 523 g/mol. The molecule has 2 aliphatic rings. The molecule has 1 unspecified atom stereocenters. The average Bonchev–Trinajstić information content (AvgIpc) is 2.74. The maximum atomic E-state index is 12.4. The number of hydrogen-bond donors (Lipinski definition) is 1. The number of carbonyl (C=O) groups is 1. The first kappa shape index (κ1) is 29.2. The number of methoxy groups -OCH3 is 1. The summed E-state index contributed by atoms with van der Waals surface area (Å²) in [5.74, 6) is 1.47. The number of carbonyl (C=O) groups excluding carboxylic acids is 1. The van der Waals surface area contributed by atoms with E-state index in [0.29, 0.717) is 12.0 Å². The van der Waals surface area contributed by atoms with Crippen LogP contribution in [0, 0.1) is 5.92 Å². The number of nitrogens with zero attached hydrogens (tertiary/aromatic N) is 3. The van der Waals surface area contributed by atoms with Crippen molar-refractivity contribution < 1.29 is 19.0 Å². The molecule has 0 saturated carbocycles. The van der Waals surface area contributed by atoms with Crippen LogP contribution in [0.5, 0.6) is 0 Å². The molecule has 0 radical (unpaired) electrons. The van der Waals surface area contributed by atoms with Gasteiger partial charge in [0.25, 0.3) is 0 Å². The molecule has 2 fully saturated rings. The number of ether oxygens (including phenoxy) is 3. The van der Waals surface area contributed by atoms with E-state index >= 15 is 0 Å². The zero-order valence-corrected chi connectivity index (χ0v) is 23.1. The van der Waals surface area contributed by atoms with Gasteiger partial charge in [-0.3, -0.25) is 4.99 Å². The highest BCUT2D eigenvalue weighted by Crippen LogP contribution is 2.21. The van der Waals surface area contributed by atoms with Gasteiger partial charge in [-0.15, -0.1) is 24.0 Å². The number of amides is 1. The monoisotopic (exact) mass is 568 g/mol. The molecule has 0 spiro atoms. The fourth-order valence-electron chi connectivity index (χ4n) is 4.20. The largest absolute Gasteiger partial charge is 0.444 e. The Morgan fingerprint density at radius 1 is 1.09 bits per heavy atom. The van der Waals surface area contributed by atoms with E-state index in [1.165, 1.54) is 0 Å². The van der Waals surface area contributed by atoms with Crippen molar-refractivity contribution in [2.45, 2.75) is 71.0 Å². The van der Waals surface area contributed by atoms with Crippen molar-refractivity contribution in [3.63, 3.8) is 0 Å². The molecule has 188 valence electrons. The van der Waals surface area contributed by atoms with Crippen LogP contribution in [0.3, 0.4) is 0 Å². The zero-order valence-electron chi connectivity index (χ0n) is 20.7. The highest BCUT2D eigenvalue weighted by Gasteiger charge is 2.28. The fraction of sp³-hybridized carbons (Fsp3) is 0.913. The molecular formula is C23H45IN4O4. The summed E-state index contributed by atoms with van der Waals surface area (Å²) in [5, 5.41) is 3.53. The molecule has 2 heterocycles. The summed E-state index contributed by atoms with van der Waals surface area (Å²) in [6.07, 6.45) is 6.38. The third kappa shape index (κ3) is 10.9. The van der Waals surface area contributed by atoms with Crippen LogP contribution in [0.2, 0.25) is 0 Å². The van der Waals surface area contributed by atoms with Crippen LogP contribution in [0.1, 0.15) is 59.3 Å². The SMILES string of the molecule is CN=C(NCCC1CCCN(C(=O)OC(C)(C)C)C1)N1CCC(OCCCOC)CC1.I. The van der Waals surface area contributed by atoms with Crippen molar-refractivity contribution in [3.05, 3.63) is 0 Å². The van der Waals surface area contributed by atoms with Gasteiger partial charge < -0.3 is 29.3 Å². The predicted octanol–water partition coefficient (Wildman–Crippen LogP) is 3.73. The van der Waals surface area contributed by atoms with E-state index in [2.05, 4.69) is 15.2 Å². The Morgan fingerprint density at radius 3 is 2.44 bits per heavy atom. The molecule has 2 aliphatic heterocycles. The number of halogens is 1. The van der Waals surface area contributed by atoms with Gasteiger partial charge in [0.1, 0.15) is 5.60 Å². The van der Waals surface area contributed by atoms with Crippen LogP contribution in [0.15, 0.2) is 4.99 Å². The van der Waals surface area contributed by atoms with Gasteiger partial charge in [-0.05, 0) is 65.2 Å². The van der Waals surface area contributed by atoms with Crippen molar-refractivity contribution in [1.29, 1.82) is 0 Å². The smallest absolute Gasteiger partial charge is 0.410 e. The van der Waals surface area contributed by atoms with E-state index in [0.717, 1.165) is 90.4 Å². The van der Waals surface area contributed by atoms with Crippen molar-refractivity contribution >= 4 is 36.0 Å². The third-order valence-corrected chi connectivity index (χ3v) is 5.81. The Hall–Kier alpha value is -0.810. The van der Waals surface area contributed by atoms with Crippen LogP contribution in [-0.4, -0.2) is 93.7 Å². The average molecular weight is 569 g/mol. The van der Waals surface area contributed by atoms with Gasteiger partial charge in [0.2, 0.25) is 0 Å². The van der Waals surface area contributed by atoms with Gasteiger partial charge in [-0.2, -0.15) is 0 Å². The molecule has 0 aromatic carbocycles. The van der Waals surface area contributed by atoms with E-state index in [-0.39, 0.29) is 30.1 Å². The Balaban J connectivity index is 0.00000512. The lowest BCUT2D eigenvalue weighted by Crippen LogP contribution is -2.48. The van der Waals surface area contributed by atoms with E-state index in [9.17, 15) is 4.79 Å². The van der Waals surface area contributed by atoms with Crippen LogP contribution in [-0.2, 0) is 14.2 Å². The number of hydrogen-bond acceptors (Lipinski definition) is 5. The fourth-order valence-corrected chi connectivity index (χ4v) is 4.20. The highest BCUT2D eigenvalue weighted by atomic mass is 127. The first-order valence-electron chi connectivity index (χ1n) is 11.9. The number of nitrogens with one attached hydrogen (secondary N) is 1. The molecule has 32 heavy (non-hydrogen) atoms. The van der Waals surface area contributed by atoms with E-state index < -0.39 is 5.60 Å². The summed E-state index contributed by atoms with van der Waals surface area (Å²) in [4.78, 5) is 21.0. The van der Waals surface area contributed by atoms with Gasteiger partial charge in [-0.1, -0.05) is 0 Å². The first-order valence-corrected chi connectivity index (χ1v) is 11.9. The molecule has 2 saturated heterocycles. The van der Waals surface area contributed by atoms with Crippen LogP contribution >= 0.6 is 24.0 Å². The van der Waals surface area contributed by atoms with Crippen molar-refractivity contribution in [3.8, 4) is 0 Å². The molecule has 1 N–H and O–H groups in total. The molecule has 2 rings (SSSR count). The van der Waals surface area contributed by atoms with Gasteiger partial charge in [0.15, 0.2) is 5.96 Å². The van der Waals surface area contributed by atoms with Crippen LogP contribution in [0.25, 0.3) is 0 Å². The summed E-state index contributed by atoms with van der Waals surface area (Å²) in [6.45, 7) is 11.6. The normalized spacial score (nSPS) is 20.7. The second kappa shape index (κ2) is 15.2. The van der Waals surface area contributed by atoms with Crippen LogP contribution in [0.4, 0.5) is 4.79 Å². The quantitative estimate of drug-likeness (QED) is 0.208. The molecule has 1 amide bonds. The maximum Gasteiger partial charge on any atom is 0.410 e. The third-order valence-electron chi connectivity index (χ3n) is 5.81. The molecule has 0 aromatic heterocycles. The number of piperidine rings is 2. The number of likely N-dealkylation sites (tertiary alicyclic amines) is 2. The maximum absolute atomic E-state index is 12.4. The molecule has 9 heteroatoms. The second-order valence-corrected chi connectivity index (χ2v) is 9.60. The van der Waals surface area contributed by atoms with Crippen molar-refractivity contribution in [2.24, 2.45) is 10.9 Å². The lowest BCUT2D eigenvalue weighted by atomic mass is 9.95. The van der Waals surface area contributed by atoms with Gasteiger partial charge in [-0.25, -0.2) is 4.79 Å². The first-order chi connectivity index (χ1) is 14.8. The van der Waals surface area contributed by atoms with Crippen molar-refractivity contribution in [2.75, 3.05) is 60.1 Å². The zero-order chi connectivity index (χ0) is 22.7. The molecule has 0 aromatic rings. The lowest BCUT2D eigenvalue weighted by molar-refractivity contribution is 0.00976. The summed E-state index contributed by atoms with van der Waals surface area (Å²) in [6, 6.07) is 0. The molecule has 8 nitrogen and oxygen atoms in total. The van der Waals surface area contributed by atoms with Crippen LogP contribution < -0.4 is 5.32 Å². The standard InChI is InChI=1S/C23H44N4O4.HI/c1-23(2,3)31-22(28)27-13-6-8-19(18-27)9-12-25-21(24-4)26-14-10-20(11-15-26)30-17-7-16-29-5;/h19-20H,6-18H2,1-5H3,(H,24,25);1H. The highest BCUT2D eigenvalue weighted by molar-refractivity contribution is 14.0. The summed E-state index contributed by atoms with van der Waals surface area (Å²) < 4.78 is 16.6. The minimum absolute atomic E-state index is 0. The topological polar surface area (TPSA) is 75.6 Å². The molecule has 0 aliphatic carbocycles. The summed E-state index contributed by atoms with van der Waals surface area (Å²) in [7, 11) is 3.57. The van der Waals surface area contributed by atoms with E-state index in [4.69, 9.17) is 14.2 Å². The Morgan fingerprint density at radius 2 is 1.81 bits per heavy atom. The Kier molecular flexibility index (Phi) is 13.8. The summed E-state index contributed by atoms with van der Waals surface area (Å²) >= 11 is 0. The molecule has 1 atom stereocenters. The summed E-state index contributed by atoms with van der Waals surface area (Å²) in [5.41, 5.74) is -0.444. The second-order valence-electron chi connectivity index (χ2n) is 9.60. The van der Waals surface area contributed by atoms with Gasteiger partial charge in [0, 0.05) is 60.1 Å². The van der Waals surface area contributed by atoms with E-state index in [1.807, 2.05) is 32.7 Å². The Labute approximate surface area is 211 Å². The van der Waals surface area contributed by atoms with Gasteiger partial charge >= 0.3 is 6.09 Å². The Bertz CT molecular complexity index is 563. The lowest BCUT2D eigenvalue weighted by Gasteiger charge is -2.35. The number of guanidine groups is 1. The minimum atomic E-state index is -0.444.